The molecule has 0 saturated carbocycles. The molecule has 0 atom stereocenters. The van der Waals surface area contributed by atoms with Gasteiger partial charge in [-0.2, -0.15) is 0 Å². The number of nitrogens with one attached hydrogen (secondary N) is 1. The monoisotopic (exact) mass is 250 g/mol. The second kappa shape index (κ2) is 3.96. The highest BCUT2D eigenvalue weighted by molar-refractivity contribution is 9.10. The molecule has 1 N–H and O–H groups in total. The number of halogens is 1. The third-order valence-corrected chi connectivity index (χ3v) is 2.72. The van der Waals surface area contributed by atoms with Crippen LogP contribution in [0.4, 0.5) is 0 Å². The van der Waals surface area contributed by atoms with Crippen LogP contribution in [0.2, 0.25) is 0 Å². The van der Waals surface area contributed by atoms with E-state index in [-0.39, 0.29) is 0 Å². The van der Waals surface area contributed by atoms with Crippen molar-refractivity contribution in [3.8, 4) is 11.3 Å². The van der Waals surface area contributed by atoms with Crippen LogP contribution in [0.5, 0.6) is 0 Å². The molecule has 0 unspecified atom stereocenters. The molecule has 1 aromatic heterocycles. The maximum absolute atomic E-state index is 4.32. The fourth-order valence-electron chi connectivity index (χ4n) is 1.45. The Morgan fingerprint density at radius 2 is 2.00 bits per heavy atom. The molecular weight excluding hydrogens is 240 g/mol. The molecule has 0 radical (unpaired) electrons. The van der Waals surface area contributed by atoms with Gasteiger partial charge >= 0.3 is 0 Å². The quantitative estimate of drug-likeness (QED) is 0.870. The van der Waals surface area contributed by atoms with Crippen molar-refractivity contribution in [2.45, 2.75) is 13.3 Å². The van der Waals surface area contributed by atoms with Gasteiger partial charge < -0.3 is 4.98 Å². The van der Waals surface area contributed by atoms with Crippen molar-refractivity contribution >= 4 is 15.9 Å². The highest BCUT2D eigenvalue weighted by Gasteiger charge is 2.05. The number of hydrogen-bond acceptors (Lipinski definition) is 1. The number of aromatic nitrogens is 2. The first-order valence-corrected chi connectivity index (χ1v) is 5.38. The van der Waals surface area contributed by atoms with Gasteiger partial charge in [0.1, 0.15) is 0 Å². The highest BCUT2D eigenvalue weighted by atomic mass is 79.9. The van der Waals surface area contributed by atoms with Gasteiger partial charge in [0, 0.05) is 15.7 Å². The van der Waals surface area contributed by atoms with Crippen LogP contribution in [-0.4, -0.2) is 9.97 Å². The Balaban J connectivity index is 2.44. The molecular formula is C11H11BrN2. The molecule has 2 rings (SSSR count). The van der Waals surface area contributed by atoms with Gasteiger partial charge in [-0.15, -0.1) is 0 Å². The van der Waals surface area contributed by atoms with Crippen molar-refractivity contribution in [3.05, 3.63) is 40.8 Å². The average molecular weight is 251 g/mol. The smallest absolute Gasteiger partial charge is 0.0929 e. The minimum atomic E-state index is 0.978. The summed E-state index contributed by atoms with van der Waals surface area (Å²) in [6.07, 6.45) is 2.72. The molecule has 72 valence electrons. The molecule has 0 fully saturated rings. The Morgan fingerprint density at radius 3 is 2.64 bits per heavy atom. The van der Waals surface area contributed by atoms with E-state index < -0.39 is 0 Å². The summed E-state index contributed by atoms with van der Waals surface area (Å²) in [4.78, 5) is 7.46. The molecule has 0 aliphatic rings. The molecule has 0 aliphatic carbocycles. The topological polar surface area (TPSA) is 28.7 Å². The summed E-state index contributed by atoms with van der Waals surface area (Å²) in [5, 5.41) is 0. The van der Waals surface area contributed by atoms with Gasteiger partial charge in [-0.05, 0) is 18.6 Å². The maximum Gasteiger partial charge on any atom is 0.0929 e. The van der Waals surface area contributed by atoms with Crippen LogP contribution in [0.3, 0.4) is 0 Å². The Hall–Kier alpha value is -1.09. The third kappa shape index (κ3) is 1.73. The molecule has 1 aromatic carbocycles. The number of benzene rings is 1. The van der Waals surface area contributed by atoms with E-state index in [1.165, 1.54) is 5.69 Å². The van der Waals surface area contributed by atoms with E-state index in [0.717, 1.165) is 22.2 Å². The van der Waals surface area contributed by atoms with Crippen LogP contribution in [0, 0.1) is 0 Å². The standard InChI is InChI=1S/C11H11BrN2/c1-2-10-11(14-7-13-10)8-3-5-9(12)6-4-8/h3-7H,2H2,1H3,(H,13,14). The van der Waals surface area contributed by atoms with Gasteiger partial charge in [-0.3, -0.25) is 0 Å². The van der Waals surface area contributed by atoms with Crippen LogP contribution in [0.25, 0.3) is 11.3 Å². The van der Waals surface area contributed by atoms with Gasteiger partial charge in [0.2, 0.25) is 0 Å². The van der Waals surface area contributed by atoms with E-state index >= 15 is 0 Å². The Labute approximate surface area is 91.5 Å². The van der Waals surface area contributed by atoms with E-state index in [9.17, 15) is 0 Å². The van der Waals surface area contributed by atoms with Crippen molar-refractivity contribution in [3.63, 3.8) is 0 Å². The third-order valence-electron chi connectivity index (χ3n) is 2.19. The van der Waals surface area contributed by atoms with Crippen molar-refractivity contribution in [2.75, 3.05) is 0 Å². The largest absolute Gasteiger partial charge is 0.348 e. The zero-order valence-electron chi connectivity index (χ0n) is 7.92. The van der Waals surface area contributed by atoms with Crippen LogP contribution in [-0.2, 0) is 6.42 Å². The number of rotatable bonds is 2. The summed E-state index contributed by atoms with van der Waals surface area (Å²) in [6.45, 7) is 2.12. The first kappa shape index (κ1) is 9.46. The highest BCUT2D eigenvalue weighted by Crippen LogP contribution is 2.22. The first-order chi connectivity index (χ1) is 6.81. The number of imidazole rings is 1. The van der Waals surface area contributed by atoms with Gasteiger partial charge in [0.15, 0.2) is 0 Å². The van der Waals surface area contributed by atoms with Crippen molar-refractivity contribution in [1.82, 2.24) is 9.97 Å². The van der Waals surface area contributed by atoms with E-state index in [1.54, 1.807) is 6.33 Å². The molecule has 0 spiro atoms. The summed E-state index contributed by atoms with van der Waals surface area (Å²) in [5.74, 6) is 0. The molecule has 3 heteroatoms. The molecule has 0 amide bonds. The normalized spacial score (nSPS) is 10.4. The maximum atomic E-state index is 4.32. The number of H-pyrrole nitrogens is 1. The number of aromatic amines is 1. The van der Waals surface area contributed by atoms with Gasteiger partial charge in [-0.25, -0.2) is 4.98 Å². The lowest BCUT2D eigenvalue weighted by molar-refractivity contribution is 1.07. The zero-order chi connectivity index (χ0) is 9.97. The molecule has 2 aromatic rings. The predicted molar refractivity (Wildman–Crippen MR) is 61.1 cm³/mol. The SMILES string of the molecule is CCc1[nH]cnc1-c1ccc(Br)cc1. The lowest BCUT2D eigenvalue weighted by atomic mass is 10.1. The number of nitrogens with zero attached hydrogens (tertiary/aromatic N) is 1. The Morgan fingerprint density at radius 1 is 1.29 bits per heavy atom. The minimum Gasteiger partial charge on any atom is -0.348 e. The minimum absolute atomic E-state index is 0.978. The van der Waals surface area contributed by atoms with Gasteiger partial charge in [0.05, 0.1) is 12.0 Å². The van der Waals surface area contributed by atoms with Gasteiger partial charge in [0.25, 0.3) is 0 Å². The second-order valence-corrected chi connectivity index (χ2v) is 4.01. The number of aryl methyl sites for hydroxylation is 1. The fourth-order valence-corrected chi connectivity index (χ4v) is 1.71. The van der Waals surface area contributed by atoms with Crippen LogP contribution in [0.15, 0.2) is 35.1 Å². The van der Waals surface area contributed by atoms with E-state index in [1.807, 2.05) is 12.1 Å². The summed E-state index contributed by atoms with van der Waals surface area (Å²) < 4.78 is 1.09. The van der Waals surface area contributed by atoms with E-state index in [0.29, 0.717) is 0 Å². The summed E-state index contributed by atoms with van der Waals surface area (Å²) in [7, 11) is 0. The number of hydrogen-bond donors (Lipinski definition) is 1. The summed E-state index contributed by atoms with van der Waals surface area (Å²) in [6, 6.07) is 8.20. The van der Waals surface area contributed by atoms with Crippen molar-refractivity contribution < 1.29 is 0 Å². The van der Waals surface area contributed by atoms with E-state index in [4.69, 9.17) is 0 Å². The molecule has 1 heterocycles. The van der Waals surface area contributed by atoms with Crippen molar-refractivity contribution in [2.24, 2.45) is 0 Å². The summed E-state index contributed by atoms with van der Waals surface area (Å²) in [5.41, 5.74) is 3.40. The second-order valence-electron chi connectivity index (χ2n) is 3.09. The summed E-state index contributed by atoms with van der Waals surface area (Å²) >= 11 is 3.42. The Kier molecular flexibility index (Phi) is 2.68. The van der Waals surface area contributed by atoms with Crippen LogP contribution in [0.1, 0.15) is 12.6 Å². The molecule has 2 nitrogen and oxygen atoms in total. The average Bonchev–Trinajstić information content (AvgIpc) is 2.67. The van der Waals surface area contributed by atoms with Crippen LogP contribution < -0.4 is 0 Å². The van der Waals surface area contributed by atoms with Crippen molar-refractivity contribution in [1.29, 1.82) is 0 Å². The lowest BCUT2D eigenvalue weighted by Gasteiger charge is -2.00. The molecule has 0 saturated heterocycles. The predicted octanol–water partition coefficient (Wildman–Crippen LogP) is 3.40. The fraction of sp³-hybridized carbons (Fsp3) is 0.182. The zero-order valence-corrected chi connectivity index (χ0v) is 9.51. The van der Waals surface area contributed by atoms with E-state index in [2.05, 4.69) is 45.0 Å². The molecule has 0 aliphatic heterocycles. The first-order valence-electron chi connectivity index (χ1n) is 4.59. The Bertz CT molecular complexity index is 417. The molecule has 0 bridgehead atoms. The molecule has 14 heavy (non-hydrogen) atoms. The van der Waals surface area contributed by atoms with Crippen LogP contribution >= 0.6 is 15.9 Å². The lowest BCUT2D eigenvalue weighted by Crippen LogP contribution is -1.85. The van der Waals surface area contributed by atoms with Gasteiger partial charge in [-0.1, -0.05) is 35.0 Å².